The van der Waals surface area contributed by atoms with Gasteiger partial charge in [-0.3, -0.25) is 9.69 Å². The quantitative estimate of drug-likeness (QED) is 0.786. The van der Waals surface area contributed by atoms with Crippen molar-refractivity contribution in [2.75, 3.05) is 19.7 Å². The lowest BCUT2D eigenvalue weighted by Gasteiger charge is -2.15. The molecule has 1 fully saturated rings. The van der Waals surface area contributed by atoms with E-state index in [0.717, 1.165) is 31.1 Å². The second-order valence-electron chi connectivity index (χ2n) is 4.60. The van der Waals surface area contributed by atoms with Crippen LogP contribution in [-0.2, 0) is 16.1 Å². The predicted octanol–water partition coefficient (Wildman–Crippen LogP) is 2.73. The Hall–Kier alpha value is -1.06. The van der Waals surface area contributed by atoms with Gasteiger partial charge in [0.2, 0.25) is 0 Å². The summed E-state index contributed by atoms with van der Waals surface area (Å²) in [4.78, 5) is 13.9. The molecule has 0 spiro atoms. The fourth-order valence-electron chi connectivity index (χ4n) is 2.28. The van der Waals surface area contributed by atoms with Crippen LogP contribution in [0.4, 0.5) is 0 Å². The van der Waals surface area contributed by atoms with Crippen molar-refractivity contribution in [3.63, 3.8) is 0 Å². The van der Waals surface area contributed by atoms with Gasteiger partial charge < -0.3 is 4.74 Å². The van der Waals surface area contributed by atoms with Gasteiger partial charge in [0, 0.05) is 18.1 Å². The van der Waals surface area contributed by atoms with Crippen molar-refractivity contribution in [2.24, 2.45) is 5.92 Å². The van der Waals surface area contributed by atoms with Crippen molar-refractivity contribution in [1.82, 2.24) is 4.90 Å². The van der Waals surface area contributed by atoms with Crippen LogP contribution in [0, 0.1) is 5.92 Å². The van der Waals surface area contributed by atoms with Gasteiger partial charge in [-0.2, -0.15) is 0 Å². The van der Waals surface area contributed by atoms with Crippen LogP contribution in [0.1, 0.15) is 18.9 Å². The van der Waals surface area contributed by atoms with E-state index in [4.69, 9.17) is 16.3 Å². The minimum Gasteiger partial charge on any atom is -0.466 e. The lowest BCUT2D eigenvalue weighted by atomic mass is 10.1. The Kier molecular flexibility index (Phi) is 4.61. The summed E-state index contributed by atoms with van der Waals surface area (Å²) in [6, 6.07) is 7.85. The maximum absolute atomic E-state index is 11.6. The molecule has 4 heteroatoms. The van der Waals surface area contributed by atoms with Crippen LogP contribution in [0.5, 0.6) is 0 Å². The van der Waals surface area contributed by atoms with E-state index in [9.17, 15) is 4.79 Å². The standard InChI is InChI=1S/C14H18ClNO2/c1-2-18-14(17)12-7-8-16(10-12)9-11-3-5-13(15)6-4-11/h3-6,12H,2,7-10H2,1H3. The number of ether oxygens (including phenoxy) is 1. The smallest absolute Gasteiger partial charge is 0.310 e. The van der Waals surface area contributed by atoms with Gasteiger partial charge in [-0.05, 0) is 37.6 Å². The number of hydrogen-bond donors (Lipinski definition) is 0. The molecule has 18 heavy (non-hydrogen) atoms. The van der Waals surface area contributed by atoms with Gasteiger partial charge in [0.25, 0.3) is 0 Å². The molecule has 0 aromatic heterocycles. The first-order chi connectivity index (χ1) is 8.69. The Morgan fingerprint density at radius 3 is 2.83 bits per heavy atom. The number of rotatable bonds is 4. The lowest BCUT2D eigenvalue weighted by Crippen LogP contribution is -2.24. The minimum absolute atomic E-state index is 0.0391. The van der Waals surface area contributed by atoms with Crippen LogP contribution in [0.3, 0.4) is 0 Å². The molecule has 1 saturated heterocycles. The van der Waals surface area contributed by atoms with E-state index in [1.807, 2.05) is 31.2 Å². The highest BCUT2D eigenvalue weighted by atomic mass is 35.5. The van der Waals surface area contributed by atoms with E-state index in [0.29, 0.717) is 6.61 Å². The number of carbonyl (C=O) groups excluding carboxylic acids is 1. The Bertz CT molecular complexity index is 405. The Balaban J connectivity index is 1.86. The van der Waals surface area contributed by atoms with Gasteiger partial charge in [0.05, 0.1) is 12.5 Å². The molecule has 0 saturated carbocycles. The van der Waals surface area contributed by atoms with Crippen LogP contribution >= 0.6 is 11.6 Å². The van der Waals surface area contributed by atoms with Crippen molar-refractivity contribution < 1.29 is 9.53 Å². The molecule has 0 bridgehead atoms. The topological polar surface area (TPSA) is 29.5 Å². The Morgan fingerprint density at radius 2 is 2.17 bits per heavy atom. The van der Waals surface area contributed by atoms with Crippen LogP contribution in [-0.4, -0.2) is 30.6 Å². The summed E-state index contributed by atoms with van der Waals surface area (Å²) < 4.78 is 5.06. The predicted molar refractivity (Wildman–Crippen MR) is 71.5 cm³/mol. The molecule has 0 aliphatic carbocycles. The Morgan fingerprint density at radius 1 is 1.44 bits per heavy atom. The van der Waals surface area contributed by atoms with E-state index < -0.39 is 0 Å². The maximum Gasteiger partial charge on any atom is 0.310 e. The van der Waals surface area contributed by atoms with Crippen molar-refractivity contribution in [2.45, 2.75) is 19.9 Å². The van der Waals surface area contributed by atoms with Crippen LogP contribution < -0.4 is 0 Å². The molecule has 2 rings (SSSR count). The first-order valence-electron chi connectivity index (χ1n) is 6.32. The van der Waals surface area contributed by atoms with E-state index in [1.54, 1.807) is 0 Å². The van der Waals surface area contributed by atoms with Crippen LogP contribution in [0.25, 0.3) is 0 Å². The first-order valence-corrected chi connectivity index (χ1v) is 6.70. The summed E-state index contributed by atoms with van der Waals surface area (Å²) in [6.45, 7) is 4.92. The lowest BCUT2D eigenvalue weighted by molar-refractivity contribution is -0.147. The molecular weight excluding hydrogens is 250 g/mol. The molecule has 1 atom stereocenters. The highest BCUT2D eigenvalue weighted by Crippen LogP contribution is 2.20. The number of nitrogens with zero attached hydrogens (tertiary/aromatic N) is 1. The average molecular weight is 268 g/mol. The summed E-state index contributed by atoms with van der Waals surface area (Å²) >= 11 is 5.85. The van der Waals surface area contributed by atoms with Gasteiger partial charge in [0.15, 0.2) is 0 Å². The van der Waals surface area contributed by atoms with Gasteiger partial charge in [0.1, 0.15) is 0 Å². The summed E-state index contributed by atoms with van der Waals surface area (Å²) in [5.74, 6) is -0.0200. The van der Waals surface area contributed by atoms with Gasteiger partial charge in [-0.15, -0.1) is 0 Å². The molecule has 1 aromatic rings. The molecule has 1 aliphatic heterocycles. The summed E-state index contributed by atoms with van der Waals surface area (Å²) in [7, 11) is 0. The first kappa shape index (κ1) is 13.4. The molecule has 1 aromatic carbocycles. The maximum atomic E-state index is 11.6. The number of esters is 1. The molecule has 1 unspecified atom stereocenters. The normalized spacial score (nSPS) is 20.0. The SMILES string of the molecule is CCOC(=O)C1CCN(Cc2ccc(Cl)cc2)C1. The molecule has 98 valence electrons. The second-order valence-corrected chi connectivity index (χ2v) is 5.04. The number of likely N-dealkylation sites (tertiary alicyclic amines) is 1. The Labute approximate surface area is 113 Å². The zero-order valence-electron chi connectivity index (χ0n) is 10.6. The minimum atomic E-state index is -0.0592. The van der Waals surface area contributed by atoms with E-state index in [-0.39, 0.29) is 11.9 Å². The monoisotopic (exact) mass is 267 g/mol. The fourth-order valence-corrected chi connectivity index (χ4v) is 2.40. The molecule has 0 N–H and O–H groups in total. The third-order valence-electron chi connectivity index (χ3n) is 3.21. The average Bonchev–Trinajstić information content (AvgIpc) is 2.81. The second kappa shape index (κ2) is 6.21. The zero-order valence-corrected chi connectivity index (χ0v) is 11.3. The largest absolute Gasteiger partial charge is 0.466 e. The van der Waals surface area contributed by atoms with Crippen molar-refractivity contribution in [3.05, 3.63) is 34.9 Å². The molecule has 3 nitrogen and oxygen atoms in total. The number of carbonyl (C=O) groups is 1. The number of benzene rings is 1. The fraction of sp³-hybridized carbons (Fsp3) is 0.500. The van der Waals surface area contributed by atoms with Crippen molar-refractivity contribution in [1.29, 1.82) is 0 Å². The molecular formula is C14H18ClNO2. The number of halogens is 1. The van der Waals surface area contributed by atoms with E-state index >= 15 is 0 Å². The number of hydrogen-bond acceptors (Lipinski definition) is 3. The third kappa shape index (κ3) is 3.47. The van der Waals surface area contributed by atoms with E-state index in [2.05, 4.69) is 4.90 Å². The molecule has 1 aliphatic rings. The van der Waals surface area contributed by atoms with Crippen molar-refractivity contribution >= 4 is 17.6 Å². The van der Waals surface area contributed by atoms with Crippen LogP contribution in [0.15, 0.2) is 24.3 Å². The molecule has 0 radical (unpaired) electrons. The third-order valence-corrected chi connectivity index (χ3v) is 3.46. The van der Waals surface area contributed by atoms with Crippen LogP contribution in [0.2, 0.25) is 5.02 Å². The molecule has 0 amide bonds. The summed E-state index contributed by atoms with van der Waals surface area (Å²) in [5, 5.41) is 0.754. The highest BCUT2D eigenvalue weighted by molar-refractivity contribution is 6.30. The molecule has 1 heterocycles. The van der Waals surface area contributed by atoms with Gasteiger partial charge in [-0.1, -0.05) is 23.7 Å². The van der Waals surface area contributed by atoms with E-state index in [1.165, 1.54) is 5.56 Å². The van der Waals surface area contributed by atoms with Gasteiger partial charge >= 0.3 is 5.97 Å². The summed E-state index contributed by atoms with van der Waals surface area (Å²) in [5.41, 5.74) is 1.23. The zero-order chi connectivity index (χ0) is 13.0. The van der Waals surface area contributed by atoms with Crippen molar-refractivity contribution in [3.8, 4) is 0 Å². The highest BCUT2D eigenvalue weighted by Gasteiger charge is 2.29. The van der Waals surface area contributed by atoms with Gasteiger partial charge in [-0.25, -0.2) is 0 Å². The summed E-state index contributed by atoms with van der Waals surface area (Å²) in [6.07, 6.45) is 0.895.